The lowest BCUT2D eigenvalue weighted by molar-refractivity contribution is 0.233. The van der Waals surface area contributed by atoms with Crippen molar-refractivity contribution < 1.29 is 0 Å². The van der Waals surface area contributed by atoms with Crippen LogP contribution >= 0.6 is 0 Å². The van der Waals surface area contributed by atoms with Crippen LogP contribution in [-0.4, -0.2) is 42.6 Å². The van der Waals surface area contributed by atoms with Gasteiger partial charge in [0.1, 0.15) is 5.82 Å². The Labute approximate surface area is 120 Å². The molecule has 0 radical (unpaired) electrons. The Morgan fingerprint density at radius 1 is 1.25 bits per heavy atom. The molecule has 0 aliphatic carbocycles. The van der Waals surface area contributed by atoms with Crippen molar-refractivity contribution in [1.82, 2.24) is 9.88 Å². The van der Waals surface area contributed by atoms with Crippen molar-refractivity contribution >= 4 is 16.6 Å². The highest BCUT2D eigenvalue weighted by Gasteiger charge is 2.23. The summed E-state index contributed by atoms with van der Waals surface area (Å²) in [7, 11) is 2.19. The minimum atomic E-state index is 0.535. The number of pyridine rings is 1. The molecule has 0 amide bonds. The highest BCUT2D eigenvalue weighted by molar-refractivity contribution is 5.94. The first-order chi connectivity index (χ1) is 9.70. The van der Waals surface area contributed by atoms with E-state index in [4.69, 9.17) is 5.73 Å². The molecule has 1 atom stereocenters. The second-order valence-electron chi connectivity index (χ2n) is 5.63. The van der Waals surface area contributed by atoms with E-state index < -0.39 is 0 Å². The summed E-state index contributed by atoms with van der Waals surface area (Å²) < 4.78 is 0. The van der Waals surface area contributed by atoms with E-state index in [2.05, 4.69) is 53.0 Å². The van der Waals surface area contributed by atoms with Crippen LogP contribution in [0.2, 0.25) is 0 Å². The Hall–Kier alpha value is -1.65. The molecule has 2 heterocycles. The normalized spacial score (nSPS) is 20.6. The van der Waals surface area contributed by atoms with Crippen molar-refractivity contribution in [3.8, 4) is 0 Å². The maximum atomic E-state index is 5.82. The molecule has 1 unspecified atom stereocenters. The van der Waals surface area contributed by atoms with E-state index in [9.17, 15) is 0 Å². The smallest absolute Gasteiger partial charge is 0.136 e. The van der Waals surface area contributed by atoms with Gasteiger partial charge in [-0.2, -0.15) is 0 Å². The van der Waals surface area contributed by atoms with Crippen LogP contribution in [0.25, 0.3) is 10.8 Å². The van der Waals surface area contributed by atoms with Crippen molar-refractivity contribution in [2.45, 2.75) is 19.5 Å². The minimum absolute atomic E-state index is 0.535. The monoisotopic (exact) mass is 270 g/mol. The fourth-order valence-corrected chi connectivity index (χ4v) is 2.89. The number of piperazine rings is 1. The number of likely N-dealkylation sites (N-methyl/N-ethyl adjacent to an activating group) is 1. The number of hydrogen-bond donors (Lipinski definition) is 1. The van der Waals surface area contributed by atoms with Gasteiger partial charge in [0.2, 0.25) is 0 Å². The molecule has 106 valence electrons. The van der Waals surface area contributed by atoms with Gasteiger partial charge in [0.05, 0.1) is 0 Å². The van der Waals surface area contributed by atoms with Crippen LogP contribution in [0.5, 0.6) is 0 Å². The molecule has 1 aliphatic rings. The maximum absolute atomic E-state index is 5.82. The molecular weight excluding hydrogens is 248 g/mol. The fourth-order valence-electron chi connectivity index (χ4n) is 2.89. The van der Waals surface area contributed by atoms with E-state index in [1.807, 2.05) is 6.20 Å². The molecule has 1 aromatic heterocycles. The number of anilines is 1. The first-order valence-electron chi connectivity index (χ1n) is 7.22. The molecule has 4 heteroatoms. The summed E-state index contributed by atoms with van der Waals surface area (Å²) >= 11 is 0. The highest BCUT2D eigenvalue weighted by atomic mass is 15.3. The summed E-state index contributed by atoms with van der Waals surface area (Å²) in [6, 6.07) is 8.99. The largest absolute Gasteiger partial charge is 0.353 e. The highest BCUT2D eigenvalue weighted by Crippen LogP contribution is 2.28. The van der Waals surface area contributed by atoms with Gasteiger partial charge in [0.15, 0.2) is 0 Å². The summed E-state index contributed by atoms with van der Waals surface area (Å²) in [6.45, 7) is 5.93. The van der Waals surface area contributed by atoms with E-state index in [0.717, 1.165) is 31.0 Å². The summed E-state index contributed by atoms with van der Waals surface area (Å²) in [4.78, 5) is 9.48. The van der Waals surface area contributed by atoms with Crippen LogP contribution < -0.4 is 10.6 Å². The molecule has 1 aromatic carbocycles. The van der Waals surface area contributed by atoms with Crippen molar-refractivity contribution in [3.05, 3.63) is 36.0 Å². The van der Waals surface area contributed by atoms with Gasteiger partial charge in [0, 0.05) is 43.8 Å². The zero-order valence-corrected chi connectivity index (χ0v) is 12.2. The predicted molar refractivity (Wildman–Crippen MR) is 83.9 cm³/mol. The average molecular weight is 270 g/mol. The van der Waals surface area contributed by atoms with Crippen molar-refractivity contribution in [1.29, 1.82) is 0 Å². The molecule has 0 spiro atoms. The van der Waals surface area contributed by atoms with Gasteiger partial charge in [0.25, 0.3) is 0 Å². The maximum Gasteiger partial charge on any atom is 0.136 e. The van der Waals surface area contributed by atoms with E-state index in [-0.39, 0.29) is 0 Å². The number of aromatic nitrogens is 1. The molecule has 0 saturated carbocycles. The second-order valence-corrected chi connectivity index (χ2v) is 5.63. The Morgan fingerprint density at radius 2 is 2.00 bits per heavy atom. The first-order valence-corrected chi connectivity index (χ1v) is 7.22. The zero-order chi connectivity index (χ0) is 14.1. The van der Waals surface area contributed by atoms with Gasteiger partial charge in [-0.15, -0.1) is 0 Å². The molecule has 4 nitrogen and oxygen atoms in total. The SMILES string of the molecule is CC1CN(c2ncc(CN)c3ccccc23)CCN1C. The third-order valence-electron chi connectivity index (χ3n) is 4.34. The molecule has 1 fully saturated rings. The topological polar surface area (TPSA) is 45.4 Å². The van der Waals surface area contributed by atoms with Crippen LogP contribution in [0.1, 0.15) is 12.5 Å². The van der Waals surface area contributed by atoms with Gasteiger partial charge in [-0.1, -0.05) is 24.3 Å². The Balaban J connectivity index is 2.04. The molecule has 1 saturated heterocycles. The van der Waals surface area contributed by atoms with E-state index in [1.54, 1.807) is 0 Å². The molecule has 2 N–H and O–H groups in total. The van der Waals surface area contributed by atoms with Gasteiger partial charge in [-0.05, 0) is 24.9 Å². The number of nitrogens with zero attached hydrogens (tertiary/aromatic N) is 3. The quantitative estimate of drug-likeness (QED) is 0.904. The molecule has 3 rings (SSSR count). The first kappa shape index (κ1) is 13.3. The Kier molecular flexibility index (Phi) is 3.59. The summed E-state index contributed by atoms with van der Waals surface area (Å²) in [5.41, 5.74) is 6.94. The fraction of sp³-hybridized carbons (Fsp3) is 0.438. The van der Waals surface area contributed by atoms with Crippen molar-refractivity contribution in [2.75, 3.05) is 31.6 Å². The van der Waals surface area contributed by atoms with Gasteiger partial charge < -0.3 is 15.5 Å². The summed E-state index contributed by atoms with van der Waals surface area (Å²) in [5, 5.41) is 2.44. The number of hydrogen-bond acceptors (Lipinski definition) is 4. The van der Waals surface area contributed by atoms with Gasteiger partial charge >= 0.3 is 0 Å². The minimum Gasteiger partial charge on any atom is -0.353 e. The van der Waals surface area contributed by atoms with Crippen LogP contribution in [0, 0.1) is 0 Å². The molecule has 20 heavy (non-hydrogen) atoms. The lowest BCUT2D eigenvalue weighted by atomic mass is 10.1. The van der Waals surface area contributed by atoms with Crippen molar-refractivity contribution in [2.24, 2.45) is 5.73 Å². The van der Waals surface area contributed by atoms with Gasteiger partial charge in [-0.25, -0.2) is 4.98 Å². The van der Waals surface area contributed by atoms with Gasteiger partial charge in [-0.3, -0.25) is 0 Å². The Morgan fingerprint density at radius 3 is 2.70 bits per heavy atom. The standard InChI is InChI=1S/C16H22N4/c1-12-11-20(8-7-19(12)2)16-15-6-4-3-5-14(15)13(9-17)10-18-16/h3-6,10,12H,7-9,11,17H2,1-2H3. The molecule has 0 bridgehead atoms. The average Bonchev–Trinajstić information content (AvgIpc) is 2.49. The van der Waals surface area contributed by atoms with Crippen LogP contribution in [-0.2, 0) is 6.54 Å². The third kappa shape index (κ3) is 2.25. The number of benzene rings is 1. The zero-order valence-electron chi connectivity index (χ0n) is 12.2. The number of rotatable bonds is 2. The molecular formula is C16H22N4. The second kappa shape index (κ2) is 5.38. The molecule has 2 aromatic rings. The Bertz CT molecular complexity index is 610. The van der Waals surface area contributed by atoms with Crippen molar-refractivity contribution in [3.63, 3.8) is 0 Å². The van der Waals surface area contributed by atoms with Crippen LogP contribution in [0.3, 0.4) is 0 Å². The van der Waals surface area contributed by atoms with E-state index >= 15 is 0 Å². The third-order valence-corrected chi connectivity index (χ3v) is 4.34. The summed E-state index contributed by atoms with van der Waals surface area (Å²) in [5.74, 6) is 1.10. The number of nitrogens with two attached hydrogens (primary N) is 1. The van der Waals surface area contributed by atoms with Crippen LogP contribution in [0.15, 0.2) is 30.5 Å². The van der Waals surface area contributed by atoms with Crippen LogP contribution in [0.4, 0.5) is 5.82 Å². The summed E-state index contributed by atoms with van der Waals surface area (Å²) in [6.07, 6.45) is 1.93. The number of fused-ring (bicyclic) bond motifs is 1. The van der Waals surface area contributed by atoms with E-state index in [1.165, 1.54) is 10.8 Å². The predicted octanol–water partition coefficient (Wildman–Crippen LogP) is 1.83. The lowest BCUT2D eigenvalue weighted by Crippen LogP contribution is -2.50. The van der Waals surface area contributed by atoms with E-state index in [0.29, 0.717) is 12.6 Å². The molecule has 1 aliphatic heterocycles. The lowest BCUT2D eigenvalue weighted by Gasteiger charge is -2.38.